The first-order chi connectivity index (χ1) is 13.5. The lowest BCUT2D eigenvalue weighted by atomic mass is 10.2. The Bertz CT molecular complexity index is 1050. The molecule has 3 rings (SSSR count). The van der Waals surface area contributed by atoms with Crippen molar-refractivity contribution in [1.82, 2.24) is 19.6 Å². The van der Waals surface area contributed by atoms with Crippen LogP contribution in [0.1, 0.15) is 26.7 Å². The van der Waals surface area contributed by atoms with Crippen molar-refractivity contribution in [3.05, 3.63) is 65.7 Å². The molecule has 0 radical (unpaired) electrons. The molecule has 0 bridgehead atoms. The molecule has 0 saturated carbocycles. The van der Waals surface area contributed by atoms with Gasteiger partial charge in [0, 0.05) is 25.0 Å². The topological polar surface area (TPSA) is 103 Å². The summed E-state index contributed by atoms with van der Waals surface area (Å²) < 4.78 is 1.58. The van der Waals surface area contributed by atoms with Crippen LogP contribution in [0.5, 0.6) is 0 Å². The number of carbonyl (C=O) groups excluding carboxylic acids is 2. The second-order valence-corrected chi connectivity index (χ2v) is 6.44. The minimum Gasteiger partial charge on any atom is -0.349 e. The maximum Gasteiger partial charge on any atom is 0.292 e. The number of rotatable bonds is 6. The molecular weight excluding hydrogens is 356 g/mol. The van der Waals surface area contributed by atoms with Gasteiger partial charge in [-0.3, -0.25) is 14.0 Å². The number of likely N-dealkylation sites (N-methyl/N-ethyl adjacent to an activating group) is 1. The molecule has 2 N–H and O–H groups in total. The first kappa shape index (κ1) is 19.1. The first-order valence-electron chi connectivity index (χ1n) is 8.71. The number of nitrogens with zero attached hydrogens (tertiary/aromatic N) is 4. The van der Waals surface area contributed by atoms with E-state index in [1.54, 1.807) is 53.1 Å². The van der Waals surface area contributed by atoms with Crippen LogP contribution in [0.15, 0.2) is 48.7 Å². The van der Waals surface area contributed by atoms with E-state index in [1.807, 2.05) is 25.1 Å². The number of nitrogens with one attached hydrogen (secondary N) is 2. The zero-order valence-electron chi connectivity index (χ0n) is 15.6. The maximum atomic E-state index is 12.7. The van der Waals surface area contributed by atoms with Gasteiger partial charge in [0.15, 0.2) is 5.69 Å². The quantitative estimate of drug-likeness (QED) is 0.682. The molecule has 0 spiro atoms. The van der Waals surface area contributed by atoms with Crippen molar-refractivity contribution in [2.75, 3.05) is 32.5 Å². The number of fused-ring (bicyclic) bond motifs is 1. The van der Waals surface area contributed by atoms with Crippen molar-refractivity contribution in [2.24, 2.45) is 0 Å². The highest BCUT2D eigenvalue weighted by Crippen LogP contribution is 2.16. The molecule has 28 heavy (non-hydrogen) atoms. The average molecular weight is 376 g/mol. The maximum absolute atomic E-state index is 12.7. The van der Waals surface area contributed by atoms with Gasteiger partial charge in [0.05, 0.1) is 17.1 Å². The van der Waals surface area contributed by atoms with Gasteiger partial charge >= 0.3 is 0 Å². The first-order valence-corrected chi connectivity index (χ1v) is 8.71. The third-order valence-corrected chi connectivity index (χ3v) is 4.08. The highest BCUT2D eigenvalue weighted by atomic mass is 16.2. The smallest absolute Gasteiger partial charge is 0.292 e. The summed E-state index contributed by atoms with van der Waals surface area (Å²) in [5.74, 6) is -0.668. The molecule has 0 aliphatic carbocycles. The SMILES string of the molecule is CN(C)CCNC(=O)c1nc(C(=O)Nc2ccc(C#N)cc2)n2ccccc12. The number of nitriles is 1. The van der Waals surface area contributed by atoms with Crippen molar-refractivity contribution in [3.63, 3.8) is 0 Å². The molecule has 0 aliphatic heterocycles. The molecule has 8 heteroatoms. The van der Waals surface area contributed by atoms with Gasteiger partial charge in [-0.15, -0.1) is 0 Å². The standard InChI is InChI=1S/C20H20N6O2/c1-25(2)12-10-22-19(27)17-16-5-3-4-11-26(16)18(24-17)20(28)23-15-8-6-14(13-21)7-9-15/h3-9,11H,10,12H2,1-2H3,(H,22,27)(H,23,28). The molecule has 3 aromatic rings. The summed E-state index contributed by atoms with van der Waals surface area (Å²) in [4.78, 5) is 31.5. The van der Waals surface area contributed by atoms with Crippen LogP contribution in [0.3, 0.4) is 0 Å². The van der Waals surface area contributed by atoms with E-state index in [2.05, 4.69) is 15.6 Å². The summed E-state index contributed by atoms with van der Waals surface area (Å²) >= 11 is 0. The third kappa shape index (κ3) is 4.16. The van der Waals surface area contributed by atoms with E-state index in [-0.39, 0.29) is 17.4 Å². The van der Waals surface area contributed by atoms with Gasteiger partial charge in [-0.25, -0.2) is 4.98 Å². The van der Waals surface area contributed by atoms with Crippen LogP contribution < -0.4 is 10.6 Å². The second kappa shape index (κ2) is 8.33. The number of carbonyl (C=O) groups is 2. The van der Waals surface area contributed by atoms with E-state index in [4.69, 9.17) is 5.26 Å². The zero-order valence-corrected chi connectivity index (χ0v) is 15.6. The van der Waals surface area contributed by atoms with E-state index in [9.17, 15) is 9.59 Å². The van der Waals surface area contributed by atoms with E-state index in [0.29, 0.717) is 29.9 Å². The predicted octanol–water partition coefficient (Wildman–Crippen LogP) is 1.75. The van der Waals surface area contributed by atoms with Crippen molar-refractivity contribution in [2.45, 2.75) is 0 Å². The van der Waals surface area contributed by atoms with Gasteiger partial charge in [-0.05, 0) is 50.5 Å². The monoisotopic (exact) mass is 376 g/mol. The van der Waals surface area contributed by atoms with Crippen LogP contribution >= 0.6 is 0 Å². The third-order valence-electron chi connectivity index (χ3n) is 4.08. The molecule has 8 nitrogen and oxygen atoms in total. The molecule has 0 unspecified atom stereocenters. The minimum absolute atomic E-state index is 0.109. The Kier molecular flexibility index (Phi) is 5.67. The Hall–Kier alpha value is -3.70. The lowest BCUT2D eigenvalue weighted by molar-refractivity contribution is 0.0948. The van der Waals surface area contributed by atoms with Crippen LogP contribution in [0.4, 0.5) is 5.69 Å². The molecule has 0 saturated heterocycles. The lowest BCUT2D eigenvalue weighted by Crippen LogP contribution is -2.31. The number of benzene rings is 1. The summed E-state index contributed by atoms with van der Waals surface area (Å²) in [5, 5.41) is 14.4. The molecule has 0 atom stereocenters. The largest absolute Gasteiger partial charge is 0.349 e. The normalized spacial score (nSPS) is 10.6. The van der Waals surface area contributed by atoms with Gasteiger partial charge < -0.3 is 15.5 Å². The predicted molar refractivity (Wildman–Crippen MR) is 105 cm³/mol. The Labute approximate surface area is 162 Å². The van der Waals surface area contributed by atoms with Crippen molar-refractivity contribution in [1.29, 1.82) is 5.26 Å². The van der Waals surface area contributed by atoms with Crippen molar-refractivity contribution >= 4 is 23.0 Å². The molecule has 2 aromatic heterocycles. The fourth-order valence-electron chi connectivity index (χ4n) is 2.66. The fraction of sp³-hybridized carbons (Fsp3) is 0.200. The van der Waals surface area contributed by atoms with Crippen molar-refractivity contribution in [3.8, 4) is 6.07 Å². The van der Waals surface area contributed by atoms with Gasteiger partial charge in [0.1, 0.15) is 0 Å². The van der Waals surface area contributed by atoms with Gasteiger partial charge in [-0.1, -0.05) is 6.07 Å². The van der Waals surface area contributed by atoms with Crippen LogP contribution in [0.2, 0.25) is 0 Å². The fourth-order valence-corrected chi connectivity index (χ4v) is 2.66. The molecule has 0 fully saturated rings. The molecule has 142 valence electrons. The number of imidazole rings is 1. The van der Waals surface area contributed by atoms with Crippen LogP contribution in [0, 0.1) is 11.3 Å². The second-order valence-electron chi connectivity index (χ2n) is 6.44. The Morgan fingerprint density at radius 1 is 1.14 bits per heavy atom. The minimum atomic E-state index is -0.446. The Morgan fingerprint density at radius 3 is 2.57 bits per heavy atom. The molecule has 2 amide bonds. The molecule has 1 aromatic carbocycles. The van der Waals surface area contributed by atoms with Crippen LogP contribution in [-0.4, -0.2) is 53.3 Å². The number of aromatic nitrogens is 2. The zero-order chi connectivity index (χ0) is 20.1. The number of hydrogen-bond acceptors (Lipinski definition) is 5. The summed E-state index contributed by atoms with van der Waals surface area (Å²) in [6.07, 6.45) is 1.69. The van der Waals surface area contributed by atoms with E-state index in [0.717, 1.165) is 0 Å². The van der Waals surface area contributed by atoms with Gasteiger partial charge in [0.2, 0.25) is 5.82 Å². The summed E-state index contributed by atoms with van der Waals surface area (Å²) in [6, 6.07) is 13.8. The van der Waals surface area contributed by atoms with Gasteiger partial charge in [-0.2, -0.15) is 5.26 Å². The summed E-state index contributed by atoms with van der Waals surface area (Å²) in [6.45, 7) is 1.17. The number of hydrogen-bond donors (Lipinski definition) is 2. The number of pyridine rings is 1. The number of amides is 2. The Morgan fingerprint density at radius 2 is 1.89 bits per heavy atom. The molecule has 2 heterocycles. The number of anilines is 1. The highest BCUT2D eigenvalue weighted by molar-refractivity contribution is 6.06. The van der Waals surface area contributed by atoms with E-state index >= 15 is 0 Å². The van der Waals surface area contributed by atoms with Crippen LogP contribution in [0.25, 0.3) is 5.52 Å². The summed E-state index contributed by atoms with van der Waals surface area (Å²) in [7, 11) is 3.84. The molecular formula is C20H20N6O2. The lowest BCUT2D eigenvalue weighted by Gasteiger charge is -2.09. The van der Waals surface area contributed by atoms with E-state index < -0.39 is 5.91 Å². The molecule has 0 aliphatic rings. The van der Waals surface area contributed by atoms with Crippen LogP contribution in [-0.2, 0) is 0 Å². The summed E-state index contributed by atoms with van der Waals surface area (Å²) in [5.41, 5.74) is 1.79. The van der Waals surface area contributed by atoms with Gasteiger partial charge in [0.25, 0.3) is 11.8 Å². The highest BCUT2D eigenvalue weighted by Gasteiger charge is 2.21. The average Bonchev–Trinajstić information content (AvgIpc) is 3.08. The van der Waals surface area contributed by atoms with Crippen molar-refractivity contribution < 1.29 is 9.59 Å². The van der Waals surface area contributed by atoms with E-state index in [1.165, 1.54) is 0 Å². The Balaban J connectivity index is 1.85.